The van der Waals surface area contributed by atoms with Gasteiger partial charge in [0, 0.05) is 6.54 Å². The number of rotatable bonds is 7. The van der Waals surface area contributed by atoms with Gasteiger partial charge in [-0.2, -0.15) is 0 Å². The Kier molecular flexibility index (Phi) is 6.31. The lowest BCUT2D eigenvalue weighted by Gasteiger charge is -2.16. The average Bonchev–Trinajstić information content (AvgIpc) is 3.03. The van der Waals surface area contributed by atoms with Crippen LogP contribution in [0.2, 0.25) is 0 Å². The summed E-state index contributed by atoms with van der Waals surface area (Å²) < 4.78 is 1.68. The first-order chi connectivity index (χ1) is 11.5. The molecule has 0 radical (unpaired) electrons. The Morgan fingerprint density at radius 1 is 1.25 bits per heavy atom. The maximum atomic E-state index is 12.0. The molecule has 0 aliphatic heterocycles. The molecular weight excluding hydrogens is 306 g/mol. The lowest BCUT2D eigenvalue weighted by Crippen LogP contribution is -2.39. The minimum Gasteiger partial charge on any atom is -0.393 e. The van der Waals surface area contributed by atoms with E-state index in [1.54, 1.807) is 17.8 Å². The Morgan fingerprint density at radius 2 is 1.96 bits per heavy atom. The van der Waals surface area contributed by atoms with Gasteiger partial charge in [0.1, 0.15) is 5.69 Å². The van der Waals surface area contributed by atoms with Crippen LogP contribution in [0.5, 0.6) is 0 Å². The highest BCUT2D eigenvalue weighted by Crippen LogP contribution is 2.11. The van der Waals surface area contributed by atoms with Gasteiger partial charge in [0.05, 0.1) is 24.0 Å². The van der Waals surface area contributed by atoms with E-state index in [1.807, 2.05) is 44.2 Å². The van der Waals surface area contributed by atoms with Crippen LogP contribution in [0.4, 0.5) is 4.79 Å². The fraction of sp³-hybridized carbons (Fsp3) is 0.471. The zero-order chi connectivity index (χ0) is 17.5. The summed E-state index contributed by atoms with van der Waals surface area (Å²) in [4.78, 5) is 12.0. The molecule has 0 saturated carbocycles. The molecule has 24 heavy (non-hydrogen) atoms. The Morgan fingerprint density at radius 3 is 2.62 bits per heavy atom. The standard InChI is InChI=1S/C17H25N5O2/c1-12(9-13(2)23)10-18-17(24)19-14(3)16-11-22(21-20-16)15-7-5-4-6-8-15/h4-8,11-14,23H,9-10H2,1-3H3,(H2,18,19,24). The molecular formula is C17H25N5O2. The molecule has 7 heteroatoms. The summed E-state index contributed by atoms with van der Waals surface area (Å²) in [5.74, 6) is 0.213. The summed E-state index contributed by atoms with van der Waals surface area (Å²) in [5, 5.41) is 23.2. The minimum atomic E-state index is -0.364. The minimum absolute atomic E-state index is 0.213. The number of hydrogen-bond acceptors (Lipinski definition) is 4. The predicted molar refractivity (Wildman–Crippen MR) is 91.8 cm³/mol. The van der Waals surface area contributed by atoms with Crippen molar-refractivity contribution in [1.82, 2.24) is 25.6 Å². The van der Waals surface area contributed by atoms with Crippen molar-refractivity contribution in [1.29, 1.82) is 0 Å². The molecule has 0 aliphatic carbocycles. The number of nitrogens with one attached hydrogen (secondary N) is 2. The number of para-hydroxylation sites is 1. The summed E-state index contributed by atoms with van der Waals surface area (Å²) in [6.45, 7) is 6.11. The third kappa shape index (κ3) is 5.34. The van der Waals surface area contributed by atoms with E-state index in [0.29, 0.717) is 18.7 Å². The van der Waals surface area contributed by atoms with Crippen LogP contribution in [0, 0.1) is 5.92 Å². The van der Waals surface area contributed by atoms with Crippen molar-refractivity contribution in [2.24, 2.45) is 5.92 Å². The molecule has 3 atom stereocenters. The molecule has 1 heterocycles. The highest BCUT2D eigenvalue weighted by Gasteiger charge is 2.14. The Balaban J connectivity index is 1.85. The van der Waals surface area contributed by atoms with Crippen LogP contribution in [-0.4, -0.2) is 38.8 Å². The van der Waals surface area contributed by atoms with Crippen molar-refractivity contribution in [3.05, 3.63) is 42.2 Å². The third-order valence-electron chi connectivity index (χ3n) is 3.68. The first-order valence-corrected chi connectivity index (χ1v) is 8.15. The van der Waals surface area contributed by atoms with E-state index in [4.69, 9.17) is 0 Å². The quantitative estimate of drug-likeness (QED) is 0.724. The van der Waals surface area contributed by atoms with Gasteiger partial charge in [0.2, 0.25) is 0 Å². The van der Waals surface area contributed by atoms with E-state index >= 15 is 0 Å². The van der Waals surface area contributed by atoms with Gasteiger partial charge in [-0.3, -0.25) is 0 Å². The zero-order valence-electron chi connectivity index (χ0n) is 14.3. The van der Waals surface area contributed by atoms with Crippen molar-refractivity contribution >= 4 is 6.03 Å². The lowest BCUT2D eigenvalue weighted by atomic mass is 10.1. The fourth-order valence-corrected chi connectivity index (χ4v) is 2.44. The van der Waals surface area contributed by atoms with Gasteiger partial charge in [-0.15, -0.1) is 5.10 Å². The van der Waals surface area contributed by atoms with Gasteiger partial charge < -0.3 is 15.7 Å². The summed E-state index contributed by atoms with van der Waals surface area (Å²) in [7, 11) is 0. The second kappa shape index (κ2) is 8.44. The smallest absolute Gasteiger partial charge is 0.315 e. The van der Waals surface area contributed by atoms with Crippen molar-refractivity contribution in [3.63, 3.8) is 0 Å². The van der Waals surface area contributed by atoms with Crippen molar-refractivity contribution in [3.8, 4) is 5.69 Å². The topological polar surface area (TPSA) is 92.1 Å². The van der Waals surface area contributed by atoms with E-state index in [0.717, 1.165) is 5.69 Å². The number of aromatic nitrogens is 3. The molecule has 3 N–H and O–H groups in total. The monoisotopic (exact) mass is 331 g/mol. The van der Waals surface area contributed by atoms with E-state index < -0.39 is 0 Å². The molecule has 3 unspecified atom stereocenters. The maximum Gasteiger partial charge on any atom is 0.315 e. The highest BCUT2D eigenvalue weighted by molar-refractivity contribution is 5.74. The van der Waals surface area contributed by atoms with Crippen LogP contribution in [0.25, 0.3) is 5.69 Å². The number of carbonyl (C=O) groups excluding carboxylic acids is 1. The predicted octanol–water partition coefficient (Wildman–Crippen LogP) is 2.03. The van der Waals surface area contributed by atoms with E-state index in [9.17, 15) is 9.90 Å². The van der Waals surface area contributed by atoms with Gasteiger partial charge >= 0.3 is 6.03 Å². The molecule has 1 aromatic carbocycles. The number of hydrogen-bond donors (Lipinski definition) is 3. The third-order valence-corrected chi connectivity index (χ3v) is 3.68. The number of urea groups is 1. The van der Waals surface area contributed by atoms with Crippen LogP contribution >= 0.6 is 0 Å². The van der Waals surface area contributed by atoms with Crippen LogP contribution in [0.15, 0.2) is 36.5 Å². The Hall–Kier alpha value is -2.41. The zero-order valence-corrected chi connectivity index (χ0v) is 14.3. The van der Waals surface area contributed by atoms with E-state index in [1.165, 1.54) is 0 Å². The largest absolute Gasteiger partial charge is 0.393 e. The van der Waals surface area contributed by atoms with Gasteiger partial charge in [-0.1, -0.05) is 30.3 Å². The van der Waals surface area contributed by atoms with Gasteiger partial charge in [-0.05, 0) is 38.3 Å². The number of carbonyl (C=O) groups is 1. The van der Waals surface area contributed by atoms with Gasteiger partial charge in [0.25, 0.3) is 0 Å². The van der Waals surface area contributed by atoms with Crippen LogP contribution in [-0.2, 0) is 0 Å². The lowest BCUT2D eigenvalue weighted by molar-refractivity contribution is 0.163. The molecule has 2 rings (SSSR count). The normalized spacial score (nSPS) is 14.7. The number of nitrogens with zero attached hydrogens (tertiary/aromatic N) is 3. The Labute approximate surface area is 142 Å². The van der Waals surface area contributed by atoms with Gasteiger partial charge in [-0.25, -0.2) is 9.48 Å². The fourth-order valence-electron chi connectivity index (χ4n) is 2.44. The number of aliphatic hydroxyl groups excluding tert-OH is 1. The molecule has 0 spiro atoms. The van der Waals surface area contributed by atoms with E-state index in [2.05, 4.69) is 20.9 Å². The van der Waals surface area contributed by atoms with Crippen LogP contribution < -0.4 is 10.6 Å². The molecule has 7 nitrogen and oxygen atoms in total. The summed E-state index contributed by atoms with van der Waals surface area (Å²) in [6, 6.07) is 9.16. The van der Waals surface area contributed by atoms with Gasteiger partial charge in [0.15, 0.2) is 0 Å². The number of benzene rings is 1. The number of aliphatic hydroxyl groups is 1. The summed E-state index contributed by atoms with van der Waals surface area (Å²) >= 11 is 0. The Bertz CT molecular complexity index is 641. The SMILES string of the molecule is CC(O)CC(C)CNC(=O)NC(C)c1cn(-c2ccccc2)nn1. The first kappa shape index (κ1) is 17.9. The molecule has 2 amide bonds. The molecule has 0 aliphatic rings. The summed E-state index contributed by atoms with van der Waals surface area (Å²) in [6.07, 6.45) is 2.09. The molecule has 0 saturated heterocycles. The maximum absolute atomic E-state index is 12.0. The highest BCUT2D eigenvalue weighted by atomic mass is 16.3. The first-order valence-electron chi connectivity index (χ1n) is 8.15. The second-order valence-electron chi connectivity index (χ2n) is 6.19. The molecule has 2 aromatic rings. The molecule has 130 valence electrons. The van der Waals surface area contributed by atoms with Crippen molar-refractivity contribution < 1.29 is 9.90 Å². The molecule has 0 bridgehead atoms. The second-order valence-corrected chi connectivity index (χ2v) is 6.19. The number of amides is 2. The van der Waals surface area contributed by atoms with Crippen molar-refractivity contribution in [2.45, 2.75) is 39.3 Å². The summed E-state index contributed by atoms with van der Waals surface area (Å²) in [5.41, 5.74) is 1.60. The van der Waals surface area contributed by atoms with E-state index in [-0.39, 0.29) is 24.1 Å². The average molecular weight is 331 g/mol. The van der Waals surface area contributed by atoms with Crippen molar-refractivity contribution in [2.75, 3.05) is 6.54 Å². The van der Waals surface area contributed by atoms with Crippen LogP contribution in [0.3, 0.4) is 0 Å². The van der Waals surface area contributed by atoms with Crippen LogP contribution in [0.1, 0.15) is 38.9 Å². The molecule has 1 aromatic heterocycles. The molecule has 0 fully saturated rings.